The van der Waals surface area contributed by atoms with Gasteiger partial charge < -0.3 is 4.90 Å². The van der Waals surface area contributed by atoms with Crippen LogP contribution in [-0.2, 0) is 16.0 Å². The van der Waals surface area contributed by atoms with Crippen molar-refractivity contribution in [3.63, 3.8) is 0 Å². The topological polar surface area (TPSA) is 53.0 Å². The standard InChI is InChI=1S/C25H29N3O2/c29-24(27-16-13-21(14-17-27)19-20-7-3-1-4-8-20)11-12-25(30)28-18-15-23(26-28)22-9-5-2-6-10-22/h1-10,21H,11-19H2. The Kier molecular flexibility index (Phi) is 6.57. The summed E-state index contributed by atoms with van der Waals surface area (Å²) in [6, 6.07) is 20.5. The van der Waals surface area contributed by atoms with Crippen LogP contribution in [0.3, 0.4) is 0 Å². The van der Waals surface area contributed by atoms with E-state index in [1.54, 1.807) is 0 Å². The average molecular weight is 404 g/mol. The molecule has 2 amide bonds. The zero-order valence-electron chi connectivity index (χ0n) is 17.4. The fourth-order valence-corrected chi connectivity index (χ4v) is 4.31. The largest absolute Gasteiger partial charge is 0.343 e. The first-order valence-corrected chi connectivity index (χ1v) is 10.9. The van der Waals surface area contributed by atoms with E-state index in [2.05, 4.69) is 29.4 Å². The Hall–Kier alpha value is -2.95. The monoisotopic (exact) mass is 403 g/mol. The molecule has 0 unspecified atom stereocenters. The number of piperidine rings is 1. The van der Waals surface area contributed by atoms with E-state index in [1.165, 1.54) is 10.6 Å². The van der Waals surface area contributed by atoms with Crippen LogP contribution in [0, 0.1) is 5.92 Å². The highest BCUT2D eigenvalue weighted by molar-refractivity contribution is 6.02. The molecule has 2 aliphatic heterocycles. The van der Waals surface area contributed by atoms with E-state index in [0.717, 1.165) is 50.0 Å². The van der Waals surface area contributed by atoms with E-state index < -0.39 is 0 Å². The predicted molar refractivity (Wildman–Crippen MR) is 118 cm³/mol. The molecule has 0 saturated carbocycles. The second-order valence-electron chi connectivity index (χ2n) is 8.19. The highest BCUT2D eigenvalue weighted by Gasteiger charge is 2.25. The van der Waals surface area contributed by atoms with Crippen LogP contribution in [0.5, 0.6) is 0 Å². The van der Waals surface area contributed by atoms with Gasteiger partial charge >= 0.3 is 0 Å². The van der Waals surface area contributed by atoms with Crippen LogP contribution < -0.4 is 0 Å². The number of carbonyl (C=O) groups excluding carboxylic acids is 2. The molecule has 0 N–H and O–H groups in total. The van der Waals surface area contributed by atoms with Crippen molar-refractivity contribution in [1.29, 1.82) is 0 Å². The molecule has 0 bridgehead atoms. The number of rotatable bonds is 6. The molecule has 2 aromatic rings. The number of hydrogen-bond donors (Lipinski definition) is 0. The van der Waals surface area contributed by atoms with Gasteiger partial charge in [0.15, 0.2) is 0 Å². The summed E-state index contributed by atoms with van der Waals surface area (Å²) in [4.78, 5) is 27.0. The van der Waals surface area contributed by atoms with Crippen molar-refractivity contribution >= 4 is 17.5 Å². The lowest BCUT2D eigenvalue weighted by molar-refractivity contribution is -0.137. The molecule has 30 heavy (non-hydrogen) atoms. The van der Waals surface area contributed by atoms with E-state index in [9.17, 15) is 9.59 Å². The molecule has 5 nitrogen and oxygen atoms in total. The summed E-state index contributed by atoms with van der Waals surface area (Å²) in [5.41, 5.74) is 3.37. The summed E-state index contributed by atoms with van der Waals surface area (Å²) >= 11 is 0. The van der Waals surface area contributed by atoms with Crippen LogP contribution in [0.25, 0.3) is 0 Å². The zero-order chi connectivity index (χ0) is 20.8. The molecule has 2 heterocycles. The van der Waals surface area contributed by atoms with Crippen molar-refractivity contribution in [2.75, 3.05) is 19.6 Å². The molecule has 0 aliphatic carbocycles. The predicted octanol–water partition coefficient (Wildman–Crippen LogP) is 3.88. The van der Waals surface area contributed by atoms with Gasteiger partial charge in [0, 0.05) is 32.4 Å². The minimum absolute atomic E-state index is 0.0618. The second kappa shape index (κ2) is 9.70. The third kappa shape index (κ3) is 5.15. The number of carbonyl (C=O) groups is 2. The van der Waals surface area contributed by atoms with Crippen molar-refractivity contribution in [3.05, 3.63) is 71.8 Å². The lowest BCUT2D eigenvalue weighted by Crippen LogP contribution is -2.39. The van der Waals surface area contributed by atoms with Gasteiger partial charge in [0.25, 0.3) is 0 Å². The SMILES string of the molecule is O=C(CCC(=O)N1CCC(c2ccccc2)=N1)N1CCC(Cc2ccccc2)CC1. The van der Waals surface area contributed by atoms with Crippen molar-refractivity contribution in [3.8, 4) is 0 Å². The molecule has 2 aliphatic rings. The Morgan fingerprint density at radius 1 is 0.833 bits per heavy atom. The Bertz CT molecular complexity index is 887. The van der Waals surface area contributed by atoms with Gasteiger partial charge in [-0.15, -0.1) is 0 Å². The first-order valence-electron chi connectivity index (χ1n) is 10.9. The van der Waals surface area contributed by atoms with Crippen LogP contribution >= 0.6 is 0 Å². The fraction of sp³-hybridized carbons (Fsp3) is 0.400. The summed E-state index contributed by atoms with van der Waals surface area (Å²) < 4.78 is 0. The molecule has 1 fully saturated rings. The van der Waals surface area contributed by atoms with Crippen LogP contribution in [0.2, 0.25) is 0 Å². The fourth-order valence-electron chi connectivity index (χ4n) is 4.31. The van der Waals surface area contributed by atoms with Crippen LogP contribution in [0.1, 0.15) is 43.2 Å². The van der Waals surface area contributed by atoms with Crippen molar-refractivity contribution in [1.82, 2.24) is 9.91 Å². The van der Waals surface area contributed by atoms with Crippen molar-refractivity contribution in [2.45, 2.75) is 38.5 Å². The molecule has 5 heteroatoms. The molecule has 2 aromatic carbocycles. The molecule has 156 valence electrons. The van der Waals surface area contributed by atoms with Gasteiger partial charge in [0.2, 0.25) is 11.8 Å². The van der Waals surface area contributed by atoms with E-state index in [0.29, 0.717) is 12.5 Å². The van der Waals surface area contributed by atoms with E-state index in [4.69, 9.17) is 0 Å². The first-order chi connectivity index (χ1) is 14.7. The van der Waals surface area contributed by atoms with Crippen LogP contribution in [0.15, 0.2) is 65.8 Å². The second-order valence-corrected chi connectivity index (χ2v) is 8.19. The van der Waals surface area contributed by atoms with E-state index in [1.807, 2.05) is 41.3 Å². The van der Waals surface area contributed by atoms with Gasteiger partial charge in [-0.1, -0.05) is 60.7 Å². The highest BCUT2D eigenvalue weighted by atomic mass is 16.2. The minimum Gasteiger partial charge on any atom is -0.343 e. The van der Waals surface area contributed by atoms with E-state index >= 15 is 0 Å². The molecule has 0 atom stereocenters. The number of benzene rings is 2. The van der Waals surface area contributed by atoms with Gasteiger partial charge in [0.1, 0.15) is 0 Å². The van der Waals surface area contributed by atoms with Gasteiger partial charge in [-0.25, -0.2) is 5.01 Å². The summed E-state index contributed by atoms with van der Waals surface area (Å²) in [5.74, 6) is 0.662. The molecular weight excluding hydrogens is 374 g/mol. The Balaban J connectivity index is 1.21. The molecule has 0 radical (unpaired) electrons. The summed E-state index contributed by atoms with van der Waals surface area (Å²) in [5, 5.41) is 6.00. The quantitative estimate of drug-likeness (QED) is 0.735. The summed E-state index contributed by atoms with van der Waals surface area (Å²) in [7, 11) is 0. The summed E-state index contributed by atoms with van der Waals surface area (Å²) in [6.07, 6.45) is 4.41. The molecule has 0 aromatic heterocycles. The maximum Gasteiger partial charge on any atom is 0.243 e. The first kappa shape index (κ1) is 20.3. The Labute approximate surface area is 178 Å². The number of likely N-dealkylation sites (tertiary alicyclic amines) is 1. The smallest absolute Gasteiger partial charge is 0.243 e. The van der Waals surface area contributed by atoms with E-state index in [-0.39, 0.29) is 24.7 Å². The molecule has 1 saturated heterocycles. The normalized spacial score (nSPS) is 17.1. The van der Waals surface area contributed by atoms with Gasteiger partial charge in [-0.05, 0) is 36.3 Å². The number of hydrazone groups is 1. The van der Waals surface area contributed by atoms with Gasteiger partial charge in [-0.2, -0.15) is 5.10 Å². The van der Waals surface area contributed by atoms with Gasteiger partial charge in [0.05, 0.1) is 12.3 Å². The lowest BCUT2D eigenvalue weighted by atomic mass is 9.90. The molecule has 0 spiro atoms. The Morgan fingerprint density at radius 2 is 1.47 bits per heavy atom. The van der Waals surface area contributed by atoms with Crippen molar-refractivity contribution < 1.29 is 9.59 Å². The third-order valence-corrected chi connectivity index (χ3v) is 6.08. The summed E-state index contributed by atoms with van der Waals surface area (Å²) in [6.45, 7) is 2.19. The third-order valence-electron chi connectivity index (χ3n) is 6.08. The minimum atomic E-state index is -0.0618. The zero-order valence-corrected chi connectivity index (χ0v) is 17.4. The lowest BCUT2D eigenvalue weighted by Gasteiger charge is -2.32. The Morgan fingerprint density at radius 3 is 2.17 bits per heavy atom. The highest BCUT2D eigenvalue weighted by Crippen LogP contribution is 2.22. The number of amides is 2. The molecular formula is C25H29N3O2. The average Bonchev–Trinajstić information content (AvgIpc) is 3.30. The van der Waals surface area contributed by atoms with Crippen molar-refractivity contribution in [2.24, 2.45) is 11.0 Å². The van der Waals surface area contributed by atoms with Gasteiger partial charge in [-0.3, -0.25) is 9.59 Å². The number of nitrogens with zero attached hydrogens (tertiary/aromatic N) is 3. The molecule has 4 rings (SSSR count). The van der Waals surface area contributed by atoms with Crippen LogP contribution in [-0.4, -0.2) is 47.1 Å². The maximum absolute atomic E-state index is 12.6. The van der Waals surface area contributed by atoms with Crippen LogP contribution in [0.4, 0.5) is 0 Å². The number of hydrogen-bond acceptors (Lipinski definition) is 3. The maximum atomic E-state index is 12.6.